The number of nitrogens with one attached hydrogen (secondary N) is 1. The van der Waals surface area contributed by atoms with Crippen LogP contribution in [0.15, 0.2) is 12.3 Å². The lowest BCUT2D eigenvalue weighted by molar-refractivity contribution is -0.141. The van der Waals surface area contributed by atoms with E-state index < -0.39 is 11.9 Å². The minimum atomic E-state index is -4.48. The average molecular weight is 406 g/mol. The van der Waals surface area contributed by atoms with Crippen LogP contribution < -0.4 is 10.2 Å². The van der Waals surface area contributed by atoms with Gasteiger partial charge in [0.15, 0.2) is 5.65 Å². The molecule has 0 saturated carbocycles. The molecular weight excluding hydrogens is 385 g/mol. The average Bonchev–Trinajstić information content (AvgIpc) is 3.02. The lowest BCUT2D eigenvalue weighted by Crippen LogP contribution is -2.40. The Labute approximate surface area is 165 Å². The molecule has 1 aliphatic heterocycles. The predicted octanol–water partition coefficient (Wildman–Crippen LogP) is 2.87. The Morgan fingerprint density at radius 2 is 1.72 bits per heavy atom. The minimum absolute atomic E-state index is 0.116. The van der Waals surface area contributed by atoms with E-state index >= 15 is 0 Å². The van der Waals surface area contributed by atoms with Gasteiger partial charge in [-0.05, 0) is 26.7 Å². The number of alkyl halides is 3. The van der Waals surface area contributed by atoms with E-state index in [1.165, 1.54) is 6.92 Å². The van der Waals surface area contributed by atoms with Crippen LogP contribution in [0.25, 0.3) is 11.0 Å². The molecule has 1 aliphatic rings. The lowest BCUT2D eigenvalue weighted by Gasteiger charge is -2.33. The Morgan fingerprint density at radius 1 is 1.03 bits per heavy atom. The van der Waals surface area contributed by atoms with E-state index in [9.17, 15) is 13.2 Å². The van der Waals surface area contributed by atoms with Crippen molar-refractivity contribution in [3.8, 4) is 0 Å². The van der Waals surface area contributed by atoms with Crippen molar-refractivity contribution in [2.24, 2.45) is 7.05 Å². The molecule has 0 atom stereocenters. The summed E-state index contributed by atoms with van der Waals surface area (Å²) in [5, 5.41) is 8.54. The van der Waals surface area contributed by atoms with Crippen molar-refractivity contribution >= 4 is 22.7 Å². The molecule has 8 nitrogen and oxygen atoms in total. The summed E-state index contributed by atoms with van der Waals surface area (Å²) >= 11 is 0. The molecule has 0 amide bonds. The summed E-state index contributed by atoms with van der Waals surface area (Å²) in [7, 11) is 1.83. The summed E-state index contributed by atoms with van der Waals surface area (Å²) in [5.41, 5.74) is -0.149. The number of rotatable bonds is 3. The second-order valence-electron chi connectivity index (χ2n) is 7.19. The first kappa shape index (κ1) is 19.3. The fraction of sp³-hybridized carbons (Fsp3) is 0.500. The fourth-order valence-electron chi connectivity index (χ4n) is 3.55. The van der Waals surface area contributed by atoms with Gasteiger partial charge in [-0.2, -0.15) is 18.3 Å². The third-order valence-electron chi connectivity index (χ3n) is 4.98. The monoisotopic (exact) mass is 406 g/mol. The number of halogens is 3. The van der Waals surface area contributed by atoms with E-state index in [1.807, 2.05) is 18.9 Å². The Kier molecular flexibility index (Phi) is 4.75. The molecule has 0 unspecified atom stereocenters. The van der Waals surface area contributed by atoms with Gasteiger partial charge in [0, 0.05) is 32.2 Å². The Hall–Kier alpha value is -2.98. The van der Waals surface area contributed by atoms with Crippen LogP contribution in [0.3, 0.4) is 0 Å². The van der Waals surface area contributed by atoms with Gasteiger partial charge in [-0.25, -0.2) is 19.9 Å². The van der Waals surface area contributed by atoms with Crippen LogP contribution in [0, 0.1) is 13.8 Å². The van der Waals surface area contributed by atoms with E-state index in [0.29, 0.717) is 24.7 Å². The smallest absolute Gasteiger partial charge is 0.366 e. The van der Waals surface area contributed by atoms with Gasteiger partial charge in [0.1, 0.15) is 29.0 Å². The van der Waals surface area contributed by atoms with Gasteiger partial charge in [-0.3, -0.25) is 4.68 Å². The SMILES string of the molecule is Cc1nc(N2CCC(Nc3nc(C)nc4c3cnn4C)CC2)cc(C(F)(F)F)n1. The molecule has 1 saturated heterocycles. The van der Waals surface area contributed by atoms with Gasteiger partial charge < -0.3 is 10.2 Å². The summed E-state index contributed by atoms with van der Waals surface area (Å²) in [5.74, 6) is 1.81. The highest BCUT2D eigenvalue weighted by Crippen LogP contribution is 2.31. The van der Waals surface area contributed by atoms with Crippen LogP contribution in [0.5, 0.6) is 0 Å². The molecule has 29 heavy (non-hydrogen) atoms. The summed E-state index contributed by atoms with van der Waals surface area (Å²) in [4.78, 5) is 18.5. The molecule has 4 rings (SSSR count). The summed E-state index contributed by atoms with van der Waals surface area (Å²) in [6.07, 6.45) is -1.26. The molecule has 154 valence electrons. The molecule has 0 aromatic carbocycles. The number of anilines is 2. The number of hydrogen-bond acceptors (Lipinski definition) is 7. The van der Waals surface area contributed by atoms with Crippen molar-refractivity contribution in [1.29, 1.82) is 0 Å². The minimum Gasteiger partial charge on any atom is -0.366 e. The molecular formula is C18H21F3N8. The molecule has 0 aliphatic carbocycles. The van der Waals surface area contributed by atoms with E-state index in [1.54, 1.807) is 10.9 Å². The van der Waals surface area contributed by atoms with Gasteiger partial charge in [-0.15, -0.1) is 0 Å². The summed E-state index contributed by atoms with van der Waals surface area (Å²) in [6.45, 7) is 4.48. The summed E-state index contributed by atoms with van der Waals surface area (Å²) < 4.78 is 40.8. The Balaban J connectivity index is 1.48. The van der Waals surface area contributed by atoms with Crippen LogP contribution in [-0.2, 0) is 13.2 Å². The normalized spacial score (nSPS) is 15.9. The fourth-order valence-corrected chi connectivity index (χ4v) is 3.55. The van der Waals surface area contributed by atoms with Crippen molar-refractivity contribution in [3.63, 3.8) is 0 Å². The number of aromatic nitrogens is 6. The molecule has 1 fully saturated rings. The molecule has 4 heterocycles. The standard InChI is InChI=1S/C18H21F3N8/c1-10-23-14(18(19,20)21)8-15(24-10)29-6-4-12(5-7-29)27-16-13-9-22-28(3)17(13)26-11(2)25-16/h8-9,12H,4-7H2,1-3H3,(H,25,26,27). The second kappa shape index (κ2) is 7.12. The number of nitrogens with zero attached hydrogens (tertiary/aromatic N) is 7. The van der Waals surface area contributed by atoms with Crippen LogP contribution in [0.4, 0.5) is 24.8 Å². The molecule has 0 spiro atoms. The highest BCUT2D eigenvalue weighted by Gasteiger charge is 2.34. The number of fused-ring (bicyclic) bond motifs is 1. The first-order valence-corrected chi connectivity index (χ1v) is 9.31. The van der Waals surface area contributed by atoms with E-state index in [2.05, 4.69) is 30.4 Å². The van der Waals surface area contributed by atoms with Crippen LogP contribution >= 0.6 is 0 Å². The number of hydrogen-bond donors (Lipinski definition) is 1. The predicted molar refractivity (Wildman–Crippen MR) is 102 cm³/mol. The van der Waals surface area contributed by atoms with Crippen molar-refractivity contribution < 1.29 is 13.2 Å². The first-order valence-electron chi connectivity index (χ1n) is 9.31. The largest absolute Gasteiger partial charge is 0.433 e. The van der Waals surface area contributed by atoms with Gasteiger partial charge in [0.25, 0.3) is 0 Å². The molecule has 0 radical (unpaired) electrons. The molecule has 0 bridgehead atoms. The van der Waals surface area contributed by atoms with Crippen molar-refractivity contribution in [2.45, 2.75) is 38.9 Å². The van der Waals surface area contributed by atoms with Crippen LogP contribution in [0.1, 0.15) is 30.2 Å². The van der Waals surface area contributed by atoms with Crippen molar-refractivity contribution in [1.82, 2.24) is 29.7 Å². The maximum Gasteiger partial charge on any atom is 0.433 e. The van der Waals surface area contributed by atoms with Gasteiger partial charge in [-0.1, -0.05) is 0 Å². The number of piperidine rings is 1. The van der Waals surface area contributed by atoms with Crippen molar-refractivity contribution in [3.05, 3.63) is 29.6 Å². The molecule has 1 N–H and O–H groups in total. The highest BCUT2D eigenvalue weighted by atomic mass is 19.4. The first-order chi connectivity index (χ1) is 13.7. The van der Waals surface area contributed by atoms with Crippen LogP contribution in [-0.4, -0.2) is 48.8 Å². The third-order valence-corrected chi connectivity index (χ3v) is 4.98. The van der Waals surface area contributed by atoms with Gasteiger partial charge in [0.2, 0.25) is 0 Å². The molecule has 3 aromatic heterocycles. The molecule has 3 aromatic rings. The molecule has 11 heteroatoms. The van der Waals surface area contributed by atoms with E-state index in [0.717, 1.165) is 35.8 Å². The van der Waals surface area contributed by atoms with Crippen molar-refractivity contribution in [2.75, 3.05) is 23.3 Å². The second-order valence-corrected chi connectivity index (χ2v) is 7.19. The topological polar surface area (TPSA) is 84.7 Å². The maximum absolute atomic E-state index is 13.0. The third kappa shape index (κ3) is 3.94. The zero-order valence-corrected chi connectivity index (χ0v) is 16.3. The Bertz CT molecular complexity index is 1040. The van der Waals surface area contributed by atoms with Crippen LogP contribution in [0.2, 0.25) is 0 Å². The summed E-state index contributed by atoms with van der Waals surface area (Å²) in [6, 6.07) is 1.17. The quantitative estimate of drug-likeness (QED) is 0.716. The van der Waals surface area contributed by atoms with Gasteiger partial charge in [0.05, 0.1) is 11.6 Å². The zero-order valence-electron chi connectivity index (χ0n) is 16.3. The van der Waals surface area contributed by atoms with Gasteiger partial charge >= 0.3 is 6.18 Å². The maximum atomic E-state index is 13.0. The number of aryl methyl sites for hydroxylation is 3. The lowest BCUT2D eigenvalue weighted by atomic mass is 10.0. The zero-order chi connectivity index (χ0) is 20.8. The highest BCUT2D eigenvalue weighted by molar-refractivity contribution is 5.86. The Morgan fingerprint density at radius 3 is 2.41 bits per heavy atom. The van der Waals surface area contributed by atoms with E-state index in [4.69, 9.17) is 0 Å². The van der Waals surface area contributed by atoms with E-state index in [-0.39, 0.29) is 11.9 Å².